The van der Waals surface area contributed by atoms with Crippen molar-refractivity contribution in [1.29, 1.82) is 0 Å². The van der Waals surface area contributed by atoms with E-state index < -0.39 is 0 Å². The number of nitrogens with zero attached hydrogens (tertiary/aromatic N) is 4. The molecule has 6 rings (SSSR count). The Bertz CT molecular complexity index is 2090. The molecule has 0 spiro atoms. The summed E-state index contributed by atoms with van der Waals surface area (Å²) in [5.74, 6) is 3.30. The van der Waals surface area contributed by atoms with Gasteiger partial charge in [0, 0.05) is 86.0 Å². The number of nitrogens with two attached hydrogens (primary N) is 2. The second-order valence-electron chi connectivity index (χ2n) is 14.0. The number of aromatic nitrogens is 4. The molecule has 0 aliphatic rings. The van der Waals surface area contributed by atoms with Crippen molar-refractivity contribution in [1.82, 2.24) is 35.9 Å². The number of fused-ring (bicyclic) bond motifs is 6. The Hall–Kier alpha value is -5.83. The molecule has 11 N–H and O–H groups in total. The van der Waals surface area contributed by atoms with Crippen LogP contribution in [0.4, 0.5) is 23.3 Å². The Morgan fingerprint density at radius 2 is 0.807 bits per heavy atom. The Labute approximate surface area is 334 Å². The van der Waals surface area contributed by atoms with E-state index in [0.717, 1.165) is 137 Å². The van der Waals surface area contributed by atoms with Crippen molar-refractivity contribution < 1.29 is 4.79 Å². The van der Waals surface area contributed by atoms with Crippen LogP contribution in [0.5, 0.6) is 0 Å². The fourth-order valence-corrected chi connectivity index (χ4v) is 6.41. The molecule has 57 heavy (non-hydrogen) atoms. The molecular weight excluding hydrogens is 715 g/mol. The van der Waals surface area contributed by atoms with Crippen LogP contribution in [0.3, 0.4) is 0 Å². The van der Waals surface area contributed by atoms with E-state index in [0.29, 0.717) is 39.1 Å². The summed E-state index contributed by atoms with van der Waals surface area (Å²) in [4.78, 5) is 31.8. The van der Waals surface area contributed by atoms with Crippen molar-refractivity contribution in [2.24, 2.45) is 11.5 Å². The van der Waals surface area contributed by atoms with E-state index in [4.69, 9.17) is 31.4 Å². The number of pyridine rings is 4. The minimum Gasteiger partial charge on any atom is -0.389 e. The molecule has 0 saturated heterocycles. The van der Waals surface area contributed by atoms with Gasteiger partial charge in [-0.25, -0.2) is 19.9 Å². The lowest BCUT2D eigenvalue weighted by molar-refractivity contribution is -0.120. The number of amides is 1. The van der Waals surface area contributed by atoms with Crippen LogP contribution in [0.15, 0.2) is 85.1 Å². The van der Waals surface area contributed by atoms with Gasteiger partial charge in [0.1, 0.15) is 23.3 Å². The summed E-state index contributed by atoms with van der Waals surface area (Å²) >= 11 is 0. The van der Waals surface area contributed by atoms with E-state index in [1.807, 2.05) is 24.3 Å². The predicted octanol–water partition coefficient (Wildman–Crippen LogP) is 5.29. The molecule has 2 aromatic carbocycles. The van der Waals surface area contributed by atoms with E-state index >= 15 is 0 Å². The van der Waals surface area contributed by atoms with Crippen molar-refractivity contribution in [2.45, 2.75) is 38.5 Å². The fraction of sp³-hybridized carbons (Fsp3) is 0.372. The third kappa shape index (κ3) is 12.1. The number of carbonyl (C=O) groups excluding carboxylic acids is 1. The van der Waals surface area contributed by atoms with Crippen LogP contribution in [0.2, 0.25) is 0 Å². The fourth-order valence-electron chi connectivity index (χ4n) is 6.41. The molecule has 14 heteroatoms. The second kappa shape index (κ2) is 21.5. The van der Waals surface area contributed by atoms with Crippen molar-refractivity contribution in [3.63, 3.8) is 0 Å². The van der Waals surface area contributed by atoms with Crippen molar-refractivity contribution >= 4 is 72.8 Å². The normalized spacial score (nSPS) is 11.3. The maximum Gasteiger partial charge on any atom is 0.221 e. The van der Waals surface area contributed by atoms with Gasteiger partial charge in [-0.3, -0.25) is 4.79 Å². The topological polar surface area (TPSA) is 205 Å². The zero-order valence-corrected chi connectivity index (χ0v) is 32.8. The van der Waals surface area contributed by atoms with Gasteiger partial charge in [0.05, 0.1) is 22.1 Å². The van der Waals surface area contributed by atoms with Crippen molar-refractivity contribution in [3.8, 4) is 0 Å². The molecule has 300 valence electrons. The zero-order valence-electron chi connectivity index (χ0n) is 32.8. The molecule has 0 fully saturated rings. The van der Waals surface area contributed by atoms with Gasteiger partial charge in [-0.1, -0.05) is 30.8 Å². The highest BCUT2D eigenvalue weighted by Gasteiger charge is 2.09. The van der Waals surface area contributed by atoms with Gasteiger partial charge in [0.25, 0.3) is 0 Å². The number of nitrogens with one attached hydrogen (secondary N) is 7. The summed E-state index contributed by atoms with van der Waals surface area (Å²) in [6, 6.07) is 24.6. The summed E-state index contributed by atoms with van der Waals surface area (Å²) in [6.07, 6.45) is 4.68. The third-order valence-corrected chi connectivity index (χ3v) is 9.56. The van der Waals surface area contributed by atoms with Gasteiger partial charge in [0.2, 0.25) is 5.91 Å². The van der Waals surface area contributed by atoms with Crippen LogP contribution in [0.1, 0.15) is 38.5 Å². The molecule has 0 bridgehead atoms. The molecule has 1 amide bonds. The monoisotopic (exact) mass is 771 g/mol. The Morgan fingerprint density at radius 1 is 0.456 bits per heavy atom. The van der Waals surface area contributed by atoms with Crippen LogP contribution < -0.4 is 48.7 Å². The van der Waals surface area contributed by atoms with E-state index in [1.54, 1.807) is 0 Å². The lowest BCUT2D eigenvalue weighted by Crippen LogP contribution is -2.30. The minimum atomic E-state index is 0.0367. The summed E-state index contributed by atoms with van der Waals surface area (Å²) in [6.45, 7) is 11.2. The highest BCUT2D eigenvalue weighted by Crippen LogP contribution is 2.27. The number of rotatable bonds is 25. The highest BCUT2D eigenvalue weighted by atomic mass is 16.1. The Morgan fingerprint density at radius 3 is 1.21 bits per heavy atom. The molecule has 6 aromatic rings. The zero-order chi connectivity index (χ0) is 39.7. The summed E-state index contributed by atoms with van der Waals surface area (Å²) in [7, 11) is 0. The van der Waals surface area contributed by atoms with Crippen molar-refractivity contribution in [2.75, 3.05) is 86.7 Å². The average molecular weight is 772 g/mol. The smallest absolute Gasteiger partial charge is 0.221 e. The van der Waals surface area contributed by atoms with Gasteiger partial charge in [-0.05, 0) is 93.7 Å². The quantitative estimate of drug-likeness (QED) is 0.0268. The first-order valence-electron chi connectivity index (χ1n) is 20.2. The van der Waals surface area contributed by atoms with E-state index in [-0.39, 0.29) is 5.91 Å². The molecule has 4 aromatic heterocycles. The van der Waals surface area contributed by atoms with Crippen LogP contribution in [-0.2, 0) is 4.79 Å². The second-order valence-corrected chi connectivity index (χ2v) is 14.0. The summed E-state index contributed by atoms with van der Waals surface area (Å²) in [5, 5.41) is 27.5. The van der Waals surface area contributed by atoms with Gasteiger partial charge in [0.15, 0.2) is 0 Å². The van der Waals surface area contributed by atoms with Crippen molar-refractivity contribution in [3.05, 3.63) is 85.1 Å². The first kappa shape index (κ1) is 40.8. The predicted molar refractivity (Wildman–Crippen MR) is 237 cm³/mol. The lowest BCUT2D eigenvalue weighted by Gasteiger charge is -2.12. The number of carbonyl (C=O) groups is 1. The standard InChI is InChI=1S/C43H57N13O/c1-30(47-24-4-25-50-37-16-12-33-8-6-31-10-14-35(48-22-2-20-44)53-40(31)42(33)55-37)18-28-46-29-19-39(57)52-27-5-26-51-38-17-13-34-9-7-32-11-15-36(49-23-3-21-45)54-41(32)43(34)56-38/h6-17,46-47H,1-5,18-29,44-45H2,(H,48,53)(H,49,54)(H,50,55)(H,51,56)(H,52,57). The minimum absolute atomic E-state index is 0.0367. The number of benzene rings is 2. The van der Waals surface area contributed by atoms with Gasteiger partial charge in [-0.15, -0.1) is 0 Å². The van der Waals surface area contributed by atoms with Crippen LogP contribution in [-0.4, -0.2) is 91.3 Å². The first-order valence-corrected chi connectivity index (χ1v) is 20.2. The maximum absolute atomic E-state index is 12.4. The lowest BCUT2D eigenvalue weighted by atomic mass is 10.1. The molecule has 0 saturated carbocycles. The Kier molecular flexibility index (Phi) is 15.4. The molecular formula is C43H57N13O. The molecule has 14 nitrogen and oxygen atoms in total. The van der Waals surface area contributed by atoms with E-state index in [2.05, 4.69) is 92.3 Å². The third-order valence-electron chi connectivity index (χ3n) is 9.56. The van der Waals surface area contributed by atoms with Crippen LogP contribution in [0.25, 0.3) is 43.6 Å². The van der Waals surface area contributed by atoms with Crippen LogP contribution in [0, 0.1) is 0 Å². The van der Waals surface area contributed by atoms with Gasteiger partial charge < -0.3 is 48.7 Å². The summed E-state index contributed by atoms with van der Waals surface area (Å²) in [5.41, 5.74) is 15.7. The molecule has 0 aliphatic heterocycles. The maximum atomic E-state index is 12.4. The summed E-state index contributed by atoms with van der Waals surface area (Å²) < 4.78 is 0. The highest BCUT2D eigenvalue weighted by molar-refractivity contribution is 6.04. The van der Waals surface area contributed by atoms with E-state index in [1.165, 1.54) is 0 Å². The van der Waals surface area contributed by atoms with Gasteiger partial charge >= 0.3 is 0 Å². The number of hydrogen-bond acceptors (Lipinski definition) is 13. The first-order chi connectivity index (χ1) is 28.0. The number of anilines is 4. The largest absolute Gasteiger partial charge is 0.389 e. The SMILES string of the molecule is C=C(CCNCCC(=O)NCCCNc1ccc2ccc3ccc(NCCCN)nc3c2n1)NCCCNc1ccc2ccc3ccc(NCCCN)nc3c2n1. The van der Waals surface area contributed by atoms with Gasteiger partial charge in [-0.2, -0.15) is 0 Å². The molecule has 0 aliphatic carbocycles. The number of hydrogen-bond donors (Lipinski definition) is 9. The molecule has 0 atom stereocenters. The Balaban J connectivity index is 0.813. The molecule has 0 unspecified atom stereocenters. The average Bonchev–Trinajstić information content (AvgIpc) is 3.23. The van der Waals surface area contributed by atoms with Crippen LogP contribution >= 0.6 is 0 Å². The molecule has 4 heterocycles. The molecule has 0 radical (unpaired) electrons. The van der Waals surface area contributed by atoms with E-state index in [9.17, 15) is 4.79 Å².